The lowest BCUT2D eigenvalue weighted by atomic mass is 10.2. The third-order valence-electron chi connectivity index (χ3n) is 3.46. The molecule has 1 atom stereocenters. The van der Waals surface area contributed by atoms with Crippen molar-refractivity contribution < 1.29 is 22.0 Å². The molecule has 9 heteroatoms. The SMILES string of the molecule is C[C@@H](C(=O)NCc1ccncc1)N(c1ccc(F)c(F)c1)S(C)(=O)=O. The highest BCUT2D eigenvalue weighted by atomic mass is 32.2. The zero-order chi connectivity index (χ0) is 18.6. The van der Waals surface area contributed by atoms with Crippen molar-refractivity contribution in [1.29, 1.82) is 0 Å². The third kappa shape index (κ3) is 4.72. The van der Waals surface area contributed by atoms with Gasteiger partial charge in [-0.3, -0.25) is 14.1 Å². The smallest absolute Gasteiger partial charge is 0.243 e. The Bertz CT molecular complexity index is 860. The number of halogens is 2. The van der Waals surface area contributed by atoms with Crippen LogP contribution in [0.25, 0.3) is 0 Å². The molecule has 1 N–H and O–H groups in total. The van der Waals surface area contributed by atoms with Crippen molar-refractivity contribution in [1.82, 2.24) is 10.3 Å². The first-order chi connectivity index (χ1) is 11.7. The number of nitrogens with one attached hydrogen (secondary N) is 1. The summed E-state index contributed by atoms with van der Waals surface area (Å²) in [4.78, 5) is 16.2. The van der Waals surface area contributed by atoms with Gasteiger partial charge in [-0.2, -0.15) is 0 Å². The fourth-order valence-corrected chi connectivity index (χ4v) is 3.44. The Hall–Kier alpha value is -2.55. The van der Waals surface area contributed by atoms with Crippen molar-refractivity contribution in [2.45, 2.75) is 19.5 Å². The maximum absolute atomic E-state index is 13.5. The second kappa shape index (κ2) is 7.56. The molecule has 1 heterocycles. The van der Waals surface area contributed by atoms with Crippen molar-refractivity contribution in [2.24, 2.45) is 0 Å². The molecule has 0 unspecified atom stereocenters. The van der Waals surface area contributed by atoms with Crippen LogP contribution in [0.1, 0.15) is 12.5 Å². The van der Waals surface area contributed by atoms with E-state index < -0.39 is 33.6 Å². The molecule has 0 spiro atoms. The number of nitrogens with zero attached hydrogens (tertiary/aromatic N) is 2. The van der Waals surface area contributed by atoms with Crippen molar-refractivity contribution in [2.75, 3.05) is 10.6 Å². The summed E-state index contributed by atoms with van der Waals surface area (Å²) in [5, 5.41) is 2.61. The number of anilines is 1. The minimum atomic E-state index is -3.90. The number of hydrogen-bond acceptors (Lipinski definition) is 4. The largest absolute Gasteiger partial charge is 0.350 e. The minimum absolute atomic E-state index is 0.132. The van der Waals surface area contributed by atoms with E-state index in [4.69, 9.17) is 0 Å². The summed E-state index contributed by atoms with van der Waals surface area (Å²) in [6.45, 7) is 1.55. The summed E-state index contributed by atoms with van der Waals surface area (Å²) in [5.74, 6) is -2.88. The van der Waals surface area contributed by atoms with Gasteiger partial charge in [-0.15, -0.1) is 0 Å². The van der Waals surface area contributed by atoms with Crippen LogP contribution in [0, 0.1) is 11.6 Å². The summed E-state index contributed by atoms with van der Waals surface area (Å²) in [6, 6.07) is 4.91. The fraction of sp³-hybridized carbons (Fsp3) is 0.250. The predicted molar refractivity (Wildman–Crippen MR) is 89.2 cm³/mol. The lowest BCUT2D eigenvalue weighted by molar-refractivity contribution is -0.122. The van der Waals surface area contributed by atoms with E-state index >= 15 is 0 Å². The molecular weight excluding hydrogens is 352 g/mol. The number of amides is 1. The molecule has 1 aromatic heterocycles. The van der Waals surface area contributed by atoms with E-state index in [1.807, 2.05) is 0 Å². The summed E-state index contributed by atoms with van der Waals surface area (Å²) in [5.41, 5.74) is 0.655. The second-order valence-electron chi connectivity index (χ2n) is 5.41. The van der Waals surface area contributed by atoms with E-state index in [1.54, 1.807) is 24.5 Å². The maximum atomic E-state index is 13.5. The van der Waals surface area contributed by atoms with Gasteiger partial charge in [0.15, 0.2) is 11.6 Å². The Morgan fingerprint density at radius 1 is 1.20 bits per heavy atom. The van der Waals surface area contributed by atoms with Gasteiger partial charge in [0.25, 0.3) is 0 Å². The molecule has 0 fully saturated rings. The molecule has 0 saturated heterocycles. The number of carbonyl (C=O) groups is 1. The van der Waals surface area contributed by atoms with Crippen molar-refractivity contribution >= 4 is 21.6 Å². The average Bonchev–Trinajstić information content (AvgIpc) is 2.55. The highest BCUT2D eigenvalue weighted by Crippen LogP contribution is 2.23. The molecule has 134 valence electrons. The zero-order valence-electron chi connectivity index (χ0n) is 13.6. The van der Waals surface area contributed by atoms with Crippen LogP contribution < -0.4 is 9.62 Å². The van der Waals surface area contributed by atoms with Crippen LogP contribution in [0.4, 0.5) is 14.5 Å². The Labute approximate surface area is 144 Å². The first kappa shape index (κ1) is 18.8. The lowest BCUT2D eigenvalue weighted by Crippen LogP contribution is -2.47. The van der Waals surface area contributed by atoms with E-state index in [9.17, 15) is 22.0 Å². The highest BCUT2D eigenvalue weighted by molar-refractivity contribution is 7.92. The van der Waals surface area contributed by atoms with Crippen LogP contribution in [0.15, 0.2) is 42.7 Å². The number of pyridine rings is 1. The number of benzene rings is 1. The molecule has 0 aliphatic carbocycles. The van der Waals surface area contributed by atoms with Crippen LogP contribution in [0.5, 0.6) is 0 Å². The molecule has 0 aliphatic heterocycles. The number of rotatable bonds is 6. The van der Waals surface area contributed by atoms with Crippen molar-refractivity contribution in [3.05, 3.63) is 59.9 Å². The van der Waals surface area contributed by atoms with E-state index in [0.29, 0.717) is 0 Å². The van der Waals surface area contributed by atoms with Gasteiger partial charge < -0.3 is 5.32 Å². The predicted octanol–water partition coefficient (Wildman–Crippen LogP) is 1.83. The Balaban J connectivity index is 2.22. The lowest BCUT2D eigenvalue weighted by Gasteiger charge is -2.28. The van der Waals surface area contributed by atoms with Crippen LogP contribution in [-0.4, -0.2) is 31.6 Å². The molecule has 0 radical (unpaired) electrons. The number of carbonyl (C=O) groups excluding carboxylic acids is 1. The second-order valence-corrected chi connectivity index (χ2v) is 7.27. The molecule has 0 saturated carbocycles. The van der Waals surface area contributed by atoms with Gasteiger partial charge in [-0.05, 0) is 36.8 Å². The molecular formula is C16H17F2N3O3S. The fourth-order valence-electron chi connectivity index (χ4n) is 2.27. The molecule has 1 aromatic carbocycles. The van der Waals surface area contributed by atoms with Crippen molar-refractivity contribution in [3.63, 3.8) is 0 Å². The van der Waals surface area contributed by atoms with Gasteiger partial charge in [0, 0.05) is 25.0 Å². The zero-order valence-corrected chi connectivity index (χ0v) is 14.4. The molecule has 0 bridgehead atoms. The normalized spacial score (nSPS) is 12.5. The number of hydrogen-bond donors (Lipinski definition) is 1. The first-order valence-electron chi connectivity index (χ1n) is 7.31. The van der Waals surface area contributed by atoms with E-state index in [1.165, 1.54) is 6.92 Å². The standard InChI is InChI=1S/C16H17F2N3O3S/c1-11(16(22)20-10-12-5-7-19-8-6-12)21(25(2,23)24)13-3-4-14(17)15(18)9-13/h3-9,11H,10H2,1-2H3,(H,20,22)/t11-/m0/s1. The van der Waals surface area contributed by atoms with E-state index in [0.717, 1.165) is 34.3 Å². The average molecular weight is 369 g/mol. The van der Waals surface area contributed by atoms with Crippen LogP contribution >= 0.6 is 0 Å². The van der Waals surface area contributed by atoms with Crippen molar-refractivity contribution in [3.8, 4) is 0 Å². The minimum Gasteiger partial charge on any atom is -0.350 e. The monoisotopic (exact) mass is 369 g/mol. The number of sulfonamides is 1. The van der Waals surface area contributed by atoms with Crippen LogP contribution in [0.2, 0.25) is 0 Å². The Morgan fingerprint density at radius 2 is 1.84 bits per heavy atom. The number of aromatic nitrogens is 1. The summed E-state index contributed by atoms with van der Waals surface area (Å²) in [6.07, 6.45) is 4.02. The quantitative estimate of drug-likeness (QED) is 0.843. The van der Waals surface area contributed by atoms with Gasteiger partial charge in [-0.1, -0.05) is 0 Å². The molecule has 1 amide bonds. The Morgan fingerprint density at radius 3 is 2.40 bits per heavy atom. The van der Waals surface area contributed by atoms with Crippen LogP contribution in [-0.2, 0) is 21.4 Å². The Kier molecular flexibility index (Phi) is 5.68. The van der Waals surface area contributed by atoms with Gasteiger partial charge >= 0.3 is 0 Å². The maximum Gasteiger partial charge on any atom is 0.243 e. The van der Waals surface area contributed by atoms with E-state index in [-0.39, 0.29) is 12.2 Å². The molecule has 6 nitrogen and oxygen atoms in total. The molecule has 2 aromatic rings. The highest BCUT2D eigenvalue weighted by Gasteiger charge is 2.29. The van der Waals surface area contributed by atoms with E-state index in [2.05, 4.69) is 10.3 Å². The van der Waals surface area contributed by atoms with Crippen LogP contribution in [0.3, 0.4) is 0 Å². The summed E-state index contributed by atoms with van der Waals surface area (Å²) in [7, 11) is -3.90. The molecule has 0 aliphatic rings. The van der Waals surface area contributed by atoms with Gasteiger partial charge in [0.05, 0.1) is 11.9 Å². The van der Waals surface area contributed by atoms with Gasteiger partial charge in [-0.25, -0.2) is 17.2 Å². The van der Waals surface area contributed by atoms with Gasteiger partial charge in [0.2, 0.25) is 15.9 Å². The first-order valence-corrected chi connectivity index (χ1v) is 9.16. The molecule has 25 heavy (non-hydrogen) atoms. The topological polar surface area (TPSA) is 79.4 Å². The third-order valence-corrected chi connectivity index (χ3v) is 4.70. The summed E-state index contributed by atoms with van der Waals surface area (Å²) < 4.78 is 51.4. The van der Waals surface area contributed by atoms with Gasteiger partial charge in [0.1, 0.15) is 6.04 Å². The summed E-state index contributed by atoms with van der Waals surface area (Å²) >= 11 is 0. The molecule has 2 rings (SSSR count).